The Morgan fingerprint density at radius 3 is 2.33 bits per heavy atom. The van der Waals surface area contributed by atoms with E-state index in [2.05, 4.69) is 18.8 Å². The van der Waals surface area contributed by atoms with Crippen molar-refractivity contribution >= 4 is 10.8 Å². The minimum atomic E-state index is -4.77. The van der Waals surface area contributed by atoms with Gasteiger partial charge in [0.25, 0.3) is 0 Å². The Kier molecular flexibility index (Phi) is 6.77. The number of halogens is 5. The van der Waals surface area contributed by atoms with Gasteiger partial charge >= 0.3 is 6.18 Å². The number of benzene rings is 3. The van der Waals surface area contributed by atoms with Gasteiger partial charge in [-0.25, -0.2) is 8.78 Å². The van der Waals surface area contributed by atoms with Crippen molar-refractivity contribution in [1.29, 1.82) is 0 Å². The van der Waals surface area contributed by atoms with E-state index < -0.39 is 23.4 Å². The summed E-state index contributed by atoms with van der Waals surface area (Å²) >= 11 is 0. The van der Waals surface area contributed by atoms with Gasteiger partial charge in [-0.3, -0.25) is 0 Å². The van der Waals surface area contributed by atoms with Crippen LogP contribution >= 0.6 is 0 Å². The molecule has 0 spiro atoms. The first-order chi connectivity index (χ1) is 14.3. The van der Waals surface area contributed by atoms with Gasteiger partial charge in [0.15, 0.2) is 0 Å². The average molecular weight is 416 g/mol. The molecular weight excluding hydrogens is 395 g/mol. The Morgan fingerprint density at radius 2 is 1.63 bits per heavy atom. The highest BCUT2D eigenvalue weighted by atomic mass is 19.4. The van der Waals surface area contributed by atoms with E-state index in [0.717, 1.165) is 29.9 Å². The highest BCUT2D eigenvalue weighted by Gasteiger charge is 2.33. The predicted molar refractivity (Wildman–Crippen MR) is 109 cm³/mol. The maximum atomic E-state index is 14.8. The maximum absolute atomic E-state index is 14.8. The third-order valence-electron chi connectivity index (χ3n) is 4.95. The second-order valence-electron chi connectivity index (χ2n) is 7.24. The van der Waals surface area contributed by atoms with Gasteiger partial charge in [0, 0.05) is 10.9 Å². The number of fused-ring (bicyclic) bond motifs is 1. The van der Waals surface area contributed by atoms with Crippen LogP contribution < -0.4 is 0 Å². The lowest BCUT2D eigenvalue weighted by Crippen LogP contribution is -2.07. The van der Waals surface area contributed by atoms with E-state index in [-0.39, 0.29) is 11.1 Å². The predicted octanol–water partition coefficient (Wildman–Crippen LogP) is 7.66. The van der Waals surface area contributed by atoms with Crippen molar-refractivity contribution < 1.29 is 22.0 Å². The maximum Gasteiger partial charge on any atom is 0.419 e. The number of hydrogen-bond acceptors (Lipinski definition) is 0. The standard InChI is InChI=1S/C25H21F5/c1-2-3-4-5-6-17-8-13-21-20(15-17)12-11-19(24(21)27)10-7-18-9-14-22(23(26)16-18)25(28,29)30/h8-9,11-16H,2-6H2,1H3. The van der Waals surface area contributed by atoms with E-state index in [4.69, 9.17) is 0 Å². The summed E-state index contributed by atoms with van der Waals surface area (Å²) < 4.78 is 66.4. The van der Waals surface area contributed by atoms with Crippen molar-refractivity contribution in [2.45, 2.75) is 45.2 Å². The SMILES string of the molecule is CCCCCCc1ccc2c(F)c(C#Cc3ccc(C(F)(F)F)c(F)c3)ccc2c1. The molecule has 156 valence electrons. The Bertz CT molecular complexity index is 1100. The molecule has 0 aliphatic carbocycles. The summed E-state index contributed by atoms with van der Waals surface area (Å²) in [5, 5.41) is 1.20. The zero-order chi connectivity index (χ0) is 21.7. The minimum Gasteiger partial charge on any atom is -0.206 e. The van der Waals surface area contributed by atoms with Crippen molar-refractivity contribution in [1.82, 2.24) is 0 Å². The lowest BCUT2D eigenvalue weighted by atomic mass is 10.00. The van der Waals surface area contributed by atoms with Crippen LogP contribution in [-0.4, -0.2) is 0 Å². The Labute approximate surface area is 172 Å². The number of rotatable bonds is 5. The molecule has 0 aliphatic rings. The fourth-order valence-electron chi connectivity index (χ4n) is 3.31. The van der Waals surface area contributed by atoms with Gasteiger partial charge in [-0.1, -0.05) is 62.3 Å². The third-order valence-corrected chi connectivity index (χ3v) is 4.95. The van der Waals surface area contributed by atoms with Crippen LogP contribution in [0.2, 0.25) is 0 Å². The molecule has 5 heteroatoms. The van der Waals surface area contributed by atoms with Crippen LogP contribution in [0.3, 0.4) is 0 Å². The summed E-state index contributed by atoms with van der Waals surface area (Å²) in [5.41, 5.74) is -0.0478. The zero-order valence-electron chi connectivity index (χ0n) is 16.5. The molecule has 0 fully saturated rings. The van der Waals surface area contributed by atoms with E-state index in [0.29, 0.717) is 17.5 Å². The molecule has 30 heavy (non-hydrogen) atoms. The fraction of sp³-hybridized carbons (Fsp3) is 0.280. The summed E-state index contributed by atoms with van der Waals surface area (Å²) in [5.74, 6) is 3.24. The number of aryl methyl sites for hydroxylation is 1. The number of unbranched alkanes of at least 4 members (excludes halogenated alkanes) is 3. The molecule has 0 unspecified atom stereocenters. The Morgan fingerprint density at radius 1 is 0.833 bits per heavy atom. The van der Waals surface area contributed by atoms with E-state index in [1.807, 2.05) is 12.1 Å². The summed E-state index contributed by atoms with van der Waals surface area (Å²) in [6.45, 7) is 2.16. The molecule has 0 saturated carbocycles. The van der Waals surface area contributed by atoms with Crippen molar-refractivity contribution in [3.8, 4) is 11.8 Å². The lowest BCUT2D eigenvalue weighted by molar-refractivity contribution is -0.140. The lowest BCUT2D eigenvalue weighted by Gasteiger charge is -2.07. The van der Waals surface area contributed by atoms with Gasteiger partial charge in [0.2, 0.25) is 0 Å². The van der Waals surface area contributed by atoms with E-state index in [9.17, 15) is 22.0 Å². The average Bonchev–Trinajstić information content (AvgIpc) is 2.70. The van der Waals surface area contributed by atoms with E-state index >= 15 is 0 Å². The molecule has 0 aliphatic heterocycles. The van der Waals surface area contributed by atoms with Crippen LogP contribution in [-0.2, 0) is 12.6 Å². The molecule has 0 bridgehead atoms. The molecular formula is C25H21F5. The second-order valence-corrected chi connectivity index (χ2v) is 7.24. The smallest absolute Gasteiger partial charge is 0.206 e. The van der Waals surface area contributed by atoms with Crippen molar-refractivity contribution in [3.63, 3.8) is 0 Å². The topological polar surface area (TPSA) is 0 Å². The summed E-state index contributed by atoms with van der Waals surface area (Å²) in [6.07, 6.45) is 0.809. The van der Waals surface area contributed by atoms with Crippen LogP contribution in [0.4, 0.5) is 22.0 Å². The molecule has 0 saturated heterocycles. The van der Waals surface area contributed by atoms with Crippen LogP contribution in [0.25, 0.3) is 10.8 Å². The van der Waals surface area contributed by atoms with Crippen molar-refractivity contribution in [3.05, 3.63) is 82.4 Å². The Hall–Kier alpha value is -2.87. The van der Waals surface area contributed by atoms with Crippen LogP contribution in [0.5, 0.6) is 0 Å². The van der Waals surface area contributed by atoms with Gasteiger partial charge in [-0.05, 0) is 48.1 Å². The van der Waals surface area contributed by atoms with Gasteiger partial charge in [0.05, 0.1) is 11.1 Å². The molecule has 0 amide bonds. The Balaban J connectivity index is 1.83. The second kappa shape index (κ2) is 9.30. The van der Waals surface area contributed by atoms with Crippen molar-refractivity contribution in [2.24, 2.45) is 0 Å². The zero-order valence-corrected chi connectivity index (χ0v) is 16.5. The molecule has 0 N–H and O–H groups in total. The first-order valence-electron chi connectivity index (χ1n) is 9.89. The molecule has 0 heterocycles. The number of hydrogen-bond donors (Lipinski definition) is 0. The van der Waals surface area contributed by atoms with Gasteiger partial charge in [-0.2, -0.15) is 13.2 Å². The van der Waals surface area contributed by atoms with Crippen LogP contribution in [0.15, 0.2) is 48.5 Å². The van der Waals surface area contributed by atoms with Crippen LogP contribution in [0.1, 0.15) is 54.9 Å². The minimum absolute atomic E-state index is 0.0439. The summed E-state index contributed by atoms with van der Waals surface area (Å²) in [4.78, 5) is 0. The molecule has 0 radical (unpaired) electrons. The first kappa shape index (κ1) is 21.8. The first-order valence-corrected chi connectivity index (χ1v) is 9.89. The fourth-order valence-corrected chi connectivity index (χ4v) is 3.31. The van der Waals surface area contributed by atoms with Gasteiger partial charge in [0.1, 0.15) is 11.6 Å². The summed E-state index contributed by atoms with van der Waals surface area (Å²) in [6, 6.07) is 11.3. The summed E-state index contributed by atoms with van der Waals surface area (Å²) in [7, 11) is 0. The highest BCUT2D eigenvalue weighted by Crippen LogP contribution is 2.31. The molecule has 0 nitrogen and oxygen atoms in total. The third kappa shape index (κ3) is 5.18. The normalized spacial score (nSPS) is 11.4. The highest BCUT2D eigenvalue weighted by molar-refractivity contribution is 5.85. The molecule has 3 aromatic rings. The molecule has 3 aromatic carbocycles. The number of alkyl halides is 3. The van der Waals surface area contributed by atoms with Crippen molar-refractivity contribution in [2.75, 3.05) is 0 Å². The van der Waals surface area contributed by atoms with E-state index in [1.54, 1.807) is 12.1 Å². The van der Waals surface area contributed by atoms with Gasteiger partial charge in [-0.15, -0.1) is 0 Å². The molecule has 0 atom stereocenters. The van der Waals surface area contributed by atoms with Crippen LogP contribution in [0, 0.1) is 23.5 Å². The monoisotopic (exact) mass is 416 g/mol. The quantitative estimate of drug-likeness (QED) is 0.228. The molecule has 0 aromatic heterocycles. The molecule has 3 rings (SSSR count). The largest absolute Gasteiger partial charge is 0.419 e. The van der Waals surface area contributed by atoms with Gasteiger partial charge < -0.3 is 0 Å². The van der Waals surface area contributed by atoms with E-state index in [1.165, 1.54) is 25.3 Å².